The summed E-state index contributed by atoms with van der Waals surface area (Å²) in [6.07, 6.45) is 4.60. The first-order valence-electron chi connectivity index (χ1n) is 10.3. The molecule has 0 atom stereocenters. The number of anilines is 1. The number of rotatable bonds is 6. The van der Waals surface area contributed by atoms with Gasteiger partial charge < -0.3 is 29.8 Å². The fourth-order valence-corrected chi connectivity index (χ4v) is 3.86. The van der Waals surface area contributed by atoms with Crippen LogP contribution in [0.5, 0.6) is 17.2 Å². The molecule has 31 heavy (non-hydrogen) atoms. The third-order valence-corrected chi connectivity index (χ3v) is 5.65. The quantitative estimate of drug-likeness (QED) is 0.555. The third kappa shape index (κ3) is 4.01. The van der Waals surface area contributed by atoms with Gasteiger partial charge in [0.25, 0.3) is 0 Å². The number of benzene rings is 2. The van der Waals surface area contributed by atoms with E-state index in [0.29, 0.717) is 23.8 Å². The van der Waals surface area contributed by atoms with Crippen molar-refractivity contribution in [1.29, 1.82) is 0 Å². The van der Waals surface area contributed by atoms with Gasteiger partial charge in [0.05, 0.1) is 5.54 Å². The zero-order valence-electron chi connectivity index (χ0n) is 17.2. The molecule has 2 heterocycles. The van der Waals surface area contributed by atoms with Gasteiger partial charge in [0.1, 0.15) is 18.2 Å². The highest BCUT2D eigenvalue weighted by atomic mass is 16.7. The molecule has 160 valence electrons. The van der Waals surface area contributed by atoms with E-state index in [0.717, 1.165) is 42.1 Å². The van der Waals surface area contributed by atoms with Crippen LogP contribution in [0, 0.1) is 6.92 Å². The molecule has 0 bridgehead atoms. The van der Waals surface area contributed by atoms with Gasteiger partial charge in [-0.05, 0) is 56.0 Å². The number of amides is 2. The Labute approximate surface area is 179 Å². The van der Waals surface area contributed by atoms with Gasteiger partial charge in [0.2, 0.25) is 6.79 Å². The number of urea groups is 1. The summed E-state index contributed by atoms with van der Waals surface area (Å²) in [6.45, 7) is 2.56. The number of hydrogen-bond donors (Lipinski definition) is 3. The fraction of sp³-hybridized carbons (Fsp3) is 0.304. The van der Waals surface area contributed by atoms with Gasteiger partial charge in [-0.15, -0.1) is 0 Å². The highest BCUT2D eigenvalue weighted by Crippen LogP contribution is 2.40. The van der Waals surface area contributed by atoms with Gasteiger partial charge in [-0.1, -0.05) is 12.1 Å². The Hall–Kier alpha value is -3.68. The van der Waals surface area contributed by atoms with Crippen molar-refractivity contribution in [1.82, 2.24) is 15.3 Å². The van der Waals surface area contributed by atoms with E-state index in [9.17, 15) is 4.79 Å². The zero-order valence-corrected chi connectivity index (χ0v) is 17.2. The summed E-state index contributed by atoms with van der Waals surface area (Å²) in [5.41, 5.74) is 2.21. The molecule has 0 saturated heterocycles. The lowest BCUT2D eigenvalue weighted by atomic mass is 9.76. The number of nitrogens with zero attached hydrogens (tertiary/aromatic N) is 1. The van der Waals surface area contributed by atoms with Crippen molar-refractivity contribution < 1.29 is 19.0 Å². The Morgan fingerprint density at radius 1 is 1.19 bits per heavy atom. The van der Waals surface area contributed by atoms with Gasteiger partial charge in [-0.2, -0.15) is 0 Å². The Morgan fingerprint density at radius 2 is 2.06 bits per heavy atom. The molecule has 3 N–H and O–H groups in total. The van der Waals surface area contributed by atoms with Crippen LogP contribution in [0.4, 0.5) is 10.5 Å². The van der Waals surface area contributed by atoms with Crippen molar-refractivity contribution in [3.63, 3.8) is 0 Å². The second-order valence-electron chi connectivity index (χ2n) is 7.93. The van der Waals surface area contributed by atoms with Gasteiger partial charge in [-0.25, -0.2) is 9.78 Å². The Balaban J connectivity index is 1.20. The Kier molecular flexibility index (Phi) is 4.89. The van der Waals surface area contributed by atoms with E-state index < -0.39 is 5.54 Å². The zero-order chi connectivity index (χ0) is 21.3. The van der Waals surface area contributed by atoms with Crippen LogP contribution in [0.3, 0.4) is 0 Å². The summed E-state index contributed by atoms with van der Waals surface area (Å²) in [6, 6.07) is 12.8. The predicted molar refractivity (Wildman–Crippen MR) is 114 cm³/mol. The van der Waals surface area contributed by atoms with Crippen LogP contribution >= 0.6 is 0 Å². The molecular formula is C23H24N4O4. The highest BCUT2D eigenvalue weighted by Gasteiger charge is 2.42. The lowest BCUT2D eigenvalue weighted by Crippen LogP contribution is -2.52. The lowest BCUT2D eigenvalue weighted by Gasteiger charge is -2.40. The van der Waals surface area contributed by atoms with Crippen molar-refractivity contribution in [2.24, 2.45) is 0 Å². The van der Waals surface area contributed by atoms with Gasteiger partial charge in [0, 0.05) is 23.6 Å². The molecule has 1 saturated carbocycles. The molecule has 1 fully saturated rings. The molecule has 3 aromatic rings. The normalized spacial score (nSPS) is 15.8. The molecule has 0 spiro atoms. The number of aromatic amines is 1. The van der Waals surface area contributed by atoms with Crippen LogP contribution in [0.1, 0.15) is 36.3 Å². The number of carbonyl (C=O) groups is 1. The first-order valence-corrected chi connectivity index (χ1v) is 10.3. The van der Waals surface area contributed by atoms with Crippen LogP contribution in [0.25, 0.3) is 0 Å². The van der Waals surface area contributed by atoms with Crippen LogP contribution < -0.4 is 24.8 Å². The Morgan fingerprint density at radius 3 is 2.84 bits per heavy atom. The number of nitrogens with one attached hydrogen (secondary N) is 3. The SMILES string of the molecule is Cc1cnc(C2(NC(=O)Nc3cccc(COc4ccc5c(c4)OCO5)c3)CCC2)[nH]1. The molecule has 2 amide bonds. The minimum Gasteiger partial charge on any atom is -0.489 e. The third-order valence-electron chi connectivity index (χ3n) is 5.65. The molecule has 8 nitrogen and oxygen atoms in total. The van der Waals surface area contributed by atoms with E-state index in [2.05, 4.69) is 20.6 Å². The van der Waals surface area contributed by atoms with Crippen LogP contribution in [-0.2, 0) is 12.1 Å². The largest absolute Gasteiger partial charge is 0.489 e. The van der Waals surface area contributed by atoms with Crippen LogP contribution in [-0.4, -0.2) is 22.8 Å². The van der Waals surface area contributed by atoms with Crippen molar-refractivity contribution in [2.45, 2.75) is 38.3 Å². The van der Waals surface area contributed by atoms with Gasteiger partial charge in [0.15, 0.2) is 11.5 Å². The van der Waals surface area contributed by atoms with Crippen molar-refractivity contribution in [3.8, 4) is 17.2 Å². The summed E-state index contributed by atoms with van der Waals surface area (Å²) in [5.74, 6) is 2.91. The maximum Gasteiger partial charge on any atom is 0.320 e. The molecule has 0 unspecified atom stereocenters. The highest BCUT2D eigenvalue weighted by molar-refractivity contribution is 5.90. The average molecular weight is 420 g/mol. The average Bonchev–Trinajstić information content (AvgIpc) is 3.38. The van der Waals surface area contributed by atoms with E-state index >= 15 is 0 Å². The second kappa shape index (κ2) is 7.86. The van der Waals surface area contributed by atoms with E-state index in [1.54, 1.807) is 6.20 Å². The molecule has 2 aliphatic rings. The van der Waals surface area contributed by atoms with E-state index in [-0.39, 0.29) is 12.8 Å². The van der Waals surface area contributed by atoms with Crippen molar-refractivity contribution in [3.05, 3.63) is 65.7 Å². The predicted octanol–water partition coefficient (Wildman–Crippen LogP) is 4.23. The number of ether oxygens (including phenoxy) is 3. The molecule has 0 radical (unpaired) electrons. The fourth-order valence-electron chi connectivity index (χ4n) is 3.86. The van der Waals surface area contributed by atoms with Crippen molar-refractivity contribution in [2.75, 3.05) is 12.1 Å². The first-order chi connectivity index (χ1) is 15.1. The minimum atomic E-state index is -0.418. The summed E-state index contributed by atoms with van der Waals surface area (Å²) >= 11 is 0. The number of carbonyl (C=O) groups excluding carboxylic acids is 1. The minimum absolute atomic E-state index is 0.232. The summed E-state index contributed by atoms with van der Waals surface area (Å²) in [7, 11) is 0. The Bertz CT molecular complexity index is 1110. The maximum absolute atomic E-state index is 12.7. The molecule has 8 heteroatoms. The van der Waals surface area contributed by atoms with Crippen LogP contribution in [0.2, 0.25) is 0 Å². The van der Waals surface area contributed by atoms with Gasteiger partial charge >= 0.3 is 6.03 Å². The first kappa shape index (κ1) is 19.3. The summed E-state index contributed by atoms with van der Waals surface area (Å²) in [4.78, 5) is 20.4. The monoisotopic (exact) mass is 420 g/mol. The number of aromatic nitrogens is 2. The molecule has 1 aliphatic heterocycles. The number of hydrogen-bond acceptors (Lipinski definition) is 5. The lowest BCUT2D eigenvalue weighted by molar-refractivity contribution is 0.173. The smallest absolute Gasteiger partial charge is 0.320 e. The number of fused-ring (bicyclic) bond motifs is 1. The summed E-state index contributed by atoms with van der Waals surface area (Å²) in [5, 5.41) is 6.04. The van der Waals surface area contributed by atoms with Crippen molar-refractivity contribution >= 4 is 11.7 Å². The topological polar surface area (TPSA) is 97.5 Å². The number of aryl methyl sites for hydroxylation is 1. The molecule has 1 aliphatic carbocycles. The van der Waals surface area contributed by atoms with Crippen LogP contribution in [0.15, 0.2) is 48.7 Å². The van der Waals surface area contributed by atoms with E-state index in [1.807, 2.05) is 49.4 Å². The number of imidazole rings is 1. The summed E-state index contributed by atoms with van der Waals surface area (Å²) < 4.78 is 16.6. The molecular weight excluding hydrogens is 396 g/mol. The van der Waals surface area contributed by atoms with E-state index in [4.69, 9.17) is 14.2 Å². The second-order valence-corrected chi connectivity index (χ2v) is 7.93. The molecule has 2 aromatic carbocycles. The molecule has 1 aromatic heterocycles. The number of H-pyrrole nitrogens is 1. The maximum atomic E-state index is 12.7. The standard InChI is InChI=1S/C23H24N4O4/c1-15-12-24-21(25-15)23(8-3-9-23)27-22(28)26-17-5-2-4-16(10-17)13-29-18-6-7-19-20(11-18)31-14-30-19/h2,4-7,10-12H,3,8-9,13-14H2,1H3,(H,24,25)(H2,26,27,28). The molecule has 5 rings (SSSR count). The van der Waals surface area contributed by atoms with Gasteiger partial charge in [-0.3, -0.25) is 0 Å². The van der Waals surface area contributed by atoms with E-state index in [1.165, 1.54) is 0 Å².